The molecule has 94 valence electrons. The number of ether oxygens (including phenoxy) is 1. The topological polar surface area (TPSA) is 29.5 Å². The van der Waals surface area contributed by atoms with Gasteiger partial charge in [0.25, 0.3) is 0 Å². The van der Waals surface area contributed by atoms with E-state index < -0.39 is 5.60 Å². The largest absolute Gasteiger partial charge is 0.496 e. The Labute approximate surface area is 107 Å². The van der Waals surface area contributed by atoms with Crippen LogP contribution in [0.2, 0.25) is 0 Å². The van der Waals surface area contributed by atoms with Gasteiger partial charge in [0.2, 0.25) is 0 Å². The third-order valence-corrected chi connectivity index (χ3v) is 4.23. The fourth-order valence-electron chi connectivity index (χ4n) is 2.11. The molecule has 0 aromatic heterocycles. The SMILES string of the molecule is CCc1cc(SC)c(CC2(O)CC2)cc1OC. The highest BCUT2D eigenvalue weighted by Gasteiger charge is 2.40. The van der Waals surface area contributed by atoms with Crippen LogP contribution in [-0.2, 0) is 12.8 Å². The van der Waals surface area contributed by atoms with Gasteiger partial charge in [-0.05, 0) is 48.8 Å². The molecule has 1 saturated carbocycles. The molecule has 0 unspecified atom stereocenters. The van der Waals surface area contributed by atoms with Crippen molar-refractivity contribution >= 4 is 11.8 Å². The minimum atomic E-state index is -0.441. The van der Waals surface area contributed by atoms with E-state index in [-0.39, 0.29) is 0 Å². The molecule has 0 atom stereocenters. The third kappa shape index (κ3) is 2.78. The Hall–Kier alpha value is -0.670. The highest BCUT2D eigenvalue weighted by molar-refractivity contribution is 7.98. The van der Waals surface area contributed by atoms with Crippen LogP contribution >= 0.6 is 11.8 Å². The molecule has 1 aromatic carbocycles. The van der Waals surface area contributed by atoms with Gasteiger partial charge in [-0.15, -0.1) is 11.8 Å². The summed E-state index contributed by atoms with van der Waals surface area (Å²) >= 11 is 1.75. The van der Waals surface area contributed by atoms with Crippen molar-refractivity contribution in [3.05, 3.63) is 23.3 Å². The van der Waals surface area contributed by atoms with E-state index in [9.17, 15) is 5.11 Å². The lowest BCUT2D eigenvalue weighted by atomic mass is 10.0. The van der Waals surface area contributed by atoms with E-state index in [1.165, 1.54) is 16.0 Å². The summed E-state index contributed by atoms with van der Waals surface area (Å²) < 4.78 is 5.42. The summed E-state index contributed by atoms with van der Waals surface area (Å²) in [5, 5.41) is 10.0. The second-order valence-electron chi connectivity index (χ2n) is 4.73. The zero-order valence-corrected chi connectivity index (χ0v) is 11.6. The lowest BCUT2D eigenvalue weighted by Crippen LogP contribution is -2.12. The molecule has 0 radical (unpaired) electrons. The first-order valence-corrected chi connectivity index (χ1v) is 7.30. The monoisotopic (exact) mass is 252 g/mol. The second-order valence-corrected chi connectivity index (χ2v) is 5.58. The van der Waals surface area contributed by atoms with Crippen molar-refractivity contribution in [2.75, 3.05) is 13.4 Å². The van der Waals surface area contributed by atoms with Crippen LogP contribution in [-0.4, -0.2) is 24.1 Å². The Morgan fingerprint density at radius 1 is 1.35 bits per heavy atom. The molecule has 0 spiro atoms. The number of methoxy groups -OCH3 is 1. The molecular formula is C14H20O2S. The van der Waals surface area contributed by atoms with Crippen molar-refractivity contribution < 1.29 is 9.84 Å². The zero-order chi connectivity index (χ0) is 12.5. The number of thioether (sulfide) groups is 1. The van der Waals surface area contributed by atoms with Crippen LogP contribution in [0.15, 0.2) is 17.0 Å². The summed E-state index contributed by atoms with van der Waals surface area (Å²) in [6, 6.07) is 4.30. The molecular weight excluding hydrogens is 232 g/mol. The predicted octanol–water partition coefficient (Wildman–Crippen LogP) is 3.05. The smallest absolute Gasteiger partial charge is 0.122 e. The van der Waals surface area contributed by atoms with Crippen molar-refractivity contribution in [1.82, 2.24) is 0 Å². The molecule has 3 heteroatoms. The number of hydrogen-bond acceptors (Lipinski definition) is 3. The first-order chi connectivity index (χ1) is 8.11. The Bertz CT molecular complexity index is 411. The Balaban J connectivity index is 2.35. The number of hydrogen-bond donors (Lipinski definition) is 1. The molecule has 0 aliphatic heterocycles. The van der Waals surface area contributed by atoms with E-state index in [0.717, 1.165) is 31.4 Å². The summed E-state index contributed by atoms with van der Waals surface area (Å²) in [6.45, 7) is 2.13. The van der Waals surface area contributed by atoms with Crippen molar-refractivity contribution in [3.63, 3.8) is 0 Å². The van der Waals surface area contributed by atoms with Gasteiger partial charge in [0.05, 0.1) is 12.7 Å². The maximum Gasteiger partial charge on any atom is 0.122 e. The Morgan fingerprint density at radius 3 is 2.53 bits per heavy atom. The molecule has 2 rings (SSSR count). The van der Waals surface area contributed by atoms with Gasteiger partial charge >= 0.3 is 0 Å². The van der Waals surface area contributed by atoms with Gasteiger partial charge in [-0.25, -0.2) is 0 Å². The molecule has 1 N–H and O–H groups in total. The zero-order valence-electron chi connectivity index (χ0n) is 10.7. The van der Waals surface area contributed by atoms with Crippen LogP contribution in [0.4, 0.5) is 0 Å². The molecule has 2 nitrogen and oxygen atoms in total. The first-order valence-electron chi connectivity index (χ1n) is 6.08. The van der Waals surface area contributed by atoms with Gasteiger partial charge in [0, 0.05) is 11.3 Å². The van der Waals surface area contributed by atoms with Crippen LogP contribution in [0, 0.1) is 0 Å². The predicted molar refractivity (Wildman–Crippen MR) is 72.0 cm³/mol. The normalized spacial score (nSPS) is 16.9. The lowest BCUT2D eigenvalue weighted by molar-refractivity contribution is 0.150. The van der Waals surface area contributed by atoms with Crippen LogP contribution in [0.5, 0.6) is 5.75 Å². The van der Waals surface area contributed by atoms with Crippen LogP contribution in [0.1, 0.15) is 30.9 Å². The summed E-state index contributed by atoms with van der Waals surface area (Å²) in [5.41, 5.74) is 2.01. The molecule has 0 amide bonds. The average Bonchev–Trinajstić information content (AvgIpc) is 3.06. The van der Waals surface area contributed by atoms with E-state index in [4.69, 9.17) is 4.74 Å². The molecule has 17 heavy (non-hydrogen) atoms. The first kappa shape index (κ1) is 12.8. The summed E-state index contributed by atoms with van der Waals surface area (Å²) in [7, 11) is 1.71. The fourth-order valence-corrected chi connectivity index (χ4v) is 2.77. The molecule has 1 fully saturated rings. The van der Waals surface area contributed by atoms with Gasteiger partial charge in [-0.1, -0.05) is 6.92 Å². The minimum Gasteiger partial charge on any atom is -0.496 e. The van der Waals surface area contributed by atoms with Gasteiger partial charge in [0.1, 0.15) is 5.75 Å². The van der Waals surface area contributed by atoms with Crippen LogP contribution in [0.25, 0.3) is 0 Å². The van der Waals surface area contributed by atoms with Crippen molar-refractivity contribution in [1.29, 1.82) is 0 Å². The lowest BCUT2D eigenvalue weighted by Gasteiger charge is -2.16. The van der Waals surface area contributed by atoms with Crippen molar-refractivity contribution in [2.24, 2.45) is 0 Å². The number of benzene rings is 1. The van der Waals surface area contributed by atoms with E-state index >= 15 is 0 Å². The second kappa shape index (κ2) is 4.91. The highest BCUT2D eigenvalue weighted by Crippen LogP contribution is 2.41. The van der Waals surface area contributed by atoms with E-state index in [1.807, 2.05) is 0 Å². The Morgan fingerprint density at radius 2 is 2.06 bits per heavy atom. The summed E-state index contributed by atoms with van der Waals surface area (Å²) in [6.07, 6.45) is 5.67. The fraction of sp³-hybridized carbons (Fsp3) is 0.571. The van der Waals surface area contributed by atoms with Gasteiger partial charge in [-0.3, -0.25) is 0 Å². The van der Waals surface area contributed by atoms with Gasteiger partial charge < -0.3 is 9.84 Å². The highest BCUT2D eigenvalue weighted by atomic mass is 32.2. The molecule has 1 aromatic rings. The van der Waals surface area contributed by atoms with E-state index in [0.29, 0.717) is 0 Å². The third-order valence-electron chi connectivity index (χ3n) is 3.41. The summed E-state index contributed by atoms with van der Waals surface area (Å²) in [4.78, 5) is 1.27. The standard InChI is InChI=1S/C14H20O2S/c1-4-10-8-13(17-3)11(7-12(10)16-2)9-14(15)5-6-14/h7-8,15H,4-6,9H2,1-3H3. The van der Waals surface area contributed by atoms with Crippen molar-refractivity contribution in [2.45, 2.75) is 43.1 Å². The number of aliphatic hydroxyl groups is 1. The molecule has 0 saturated heterocycles. The average molecular weight is 252 g/mol. The number of aryl methyl sites for hydroxylation is 1. The summed E-state index contributed by atoms with van der Waals surface area (Å²) in [5.74, 6) is 0.949. The molecule has 1 aliphatic rings. The van der Waals surface area contributed by atoms with Crippen molar-refractivity contribution in [3.8, 4) is 5.75 Å². The van der Waals surface area contributed by atoms with Crippen LogP contribution in [0.3, 0.4) is 0 Å². The number of rotatable bonds is 5. The van der Waals surface area contributed by atoms with Crippen LogP contribution < -0.4 is 4.74 Å². The van der Waals surface area contributed by atoms with E-state index in [2.05, 4.69) is 25.3 Å². The molecule has 1 aliphatic carbocycles. The van der Waals surface area contributed by atoms with Gasteiger partial charge in [0.15, 0.2) is 0 Å². The molecule has 0 bridgehead atoms. The minimum absolute atomic E-state index is 0.441. The van der Waals surface area contributed by atoms with E-state index in [1.54, 1.807) is 18.9 Å². The Kier molecular flexibility index (Phi) is 3.69. The maximum atomic E-state index is 10.0. The quantitative estimate of drug-likeness (QED) is 0.817. The molecule has 0 heterocycles. The maximum absolute atomic E-state index is 10.0. The van der Waals surface area contributed by atoms with Gasteiger partial charge in [-0.2, -0.15) is 0 Å².